The number of ether oxygens (including phenoxy) is 1. The summed E-state index contributed by atoms with van der Waals surface area (Å²) in [6.07, 6.45) is 0.858. The molecule has 0 aliphatic carbocycles. The summed E-state index contributed by atoms with van der Waals surface area (Å²) in [6.45, 7) is 3.02. The van der Waals surface area contributed by atoms with Gasteiger partial charge in [-0.1, -0.05) is 0 Å². The number of aromatic nitrogens is 1. The molecule has 2 aromatic rings. The van der Waals surface area contributed by atoms with Crippen LogP contribution in [0.2, 0.25) is 0 Å². The van der Waals surface area contributed by atoms with E-state index in [0.717, 1.165) is 0 Å². The normalized spacial score (nSPS) is 16.1. The maximum Gasteiger partial charge on any atom is 0.311 e. The average Bonchev–Trinajstić information content (AvgIpc) is 2.68. The molecule has 0 saturated carbocycles. The van der Waals surface area contributed by atoms with Crippen LogP contribution in [0.1, 0.15) is 0 Å². The molecule has 0 unspecified atom stereocenters. The molecule has 1 saturated heterocycles. The van der Waals surface area contributed by atoms with Crippen molar-refractivity contribution in [3.05, 3.63) is 58.5 Å². The van der Waals surface area contributed by atoms with Crippen molar-refractivity contribution >= 4 is 11.5 Å². The quantitative estimate of drug-likeness (QED) is 0.581. The molecule has 1 fully saturated rings. The van der Waals surface area contributed by atoms with E-state index in [-0.39, 0.29) is 18.1 Å². The van der Waals surface area contributed by atoms with E-state index in [1.165, 1.54) is 30.3 Å². The fraction of sp³-hybridized carbons (Fsp3) is 0.389. The zero-order chi connectivity index (χ0) is 19.2. The van der Waals surface area contributed by atoms with Crippen LogP contribution in [-0.4, -0.2) is 65.3 Å². The molecule has 1 aromatic carbocycles. The summed E-state index contributed by atoms with van der Waals surface area (Å²) >= 11 is 0. The van der Waals surface area contributed by atoms with Gasteiger partial charge in [-0.05, 0) is 30.3 Å². The number of hydrogen-bond acceptors (Lipinski definition) is 7. The third kappa shape index (κ3) is 5.11. The van der Waals surface area contributed by atoms with E-state index < -0.39 is 11.0 Å². The number of halogens is 1. The van der Waals surface area contributed by atoms with Crippen LogP contribution < -0.4 is 9.64 Å². The van der Waals surface area contributed by atoms with Gasteiger partial charge in [-0.15, -0.1) is 0 Å². The van der Waals surface area contributed by atoms with Crippen LogP contribution in [0, 0.1) is 15.9 Å². The van der Waals surface area contributed by atoms with Crippen LogP contribution in [-0.2, 0) is 0 Å². The van der Waals surface area contributed by atoms with Crippen LogP contribution in [0.15, 0.2) is 42.6 Å². The molecule has 0 spiro atoms. The lowest BCUT2D eigenvalue weighted by atomic mass is 10.2. The molecule has 1 aliphatic rings. The Morgan fingerprint density at radius 1 is 1.22 bits per heavy atom. The second-order valence-corrected chi connectivity index (χ2v) is 6.31. The molecule has 1 aromatic heterocycles. The summed E-state index contributed by atoms with van der Waals surface area (Å²) in [5, 5.41) is 21.3. The Hall–Kier alpha value is -2.78. The standard InChI is InChI=1S/C18H21FN4O4/c19-14-3-5-16(6-4-14)27-13-15(24)12-21-8-10-22(11-9-21)18-17(23(25)26)2-1-7-20-18/h1-7,15,24H,8-13H2/t15-/m1/s1. The number of rotatable bonds is 7. The fourth-order valence-electron chi connectivity index (χ4n) is 2.99. The zero-order valence-electron chi connectivity index (χ0n) is 14.7. The Kier molecular flexibility index (Phi) is 6.15. The molecule has 1 atom stereocenters. The Labute approximate surface area is 156 Å². The minimum Gasteiger partial charge on any atom is -0.491 e. The van der Waals surface area contributed by atoms with Gasteiger partial charge in [0.05, 0.1) is 4.92 Å². The van der Waals surface area contributed by atoms with E-state index >= 15 is 0 Å². The van der Waals surface area contributed by atoms with Gasteiger partial charge in [-0.2, -0.15) is 0 Å². The molecular weight excluding hydrogens is 355 g/mol. The van der Waals surface area contributed by atoms with E-state index in [9.17, 15) is 19.6 Å². The fourth-order valence-corrected chi connectivity index (χ4v) is 2.99. The lowest BCUT2D eigenvalue weighted by Crippen LogP contribution is -2.49. The predicted molar refractivity (Wildman–Crippen MR) is 97.4 cm³/mol. The van der Waals surface area contributed by atoms with Gasteiger partial charge in [-0.3, -0.25) is 15.0 Å². The Morgan fingerprint density at radius 2 is 1.93 bits per heavy atom. The number of pyridine rings is 1. The first-order chi connectivity index (χ1) is 13.0. The molecule has 27 heavy (non-hydrogen) atoms. The summed E-state index contributed by atoms with van der Waals surface area (Å²) in [5.74, 6) is 0.541. The third-order valence-corrected chi connectivity index (χ3v) is 4.36. The number of benzene rings is 1. The van der Waals surface area contributed by atoms with Gasteiger partial charge in [0, 0.05) is 45.0 Å². The van der Waals surface area contributed by atoms with Gasteiger partial charge >= 0.3 is 5.69 Å². The maximum atomic E-state index is 12.9. The highest BCUT2D eigenvalue weighted by Crippen LogP contribution is 2.25. The molecule has 3 rings (SSSR count). The van der Waals surface area contributed by atoms with Gasteiger partial charge < -0.3 is 14.7 Å². The largest absolute Gasteiger partial charge is 0.491 e. The second-order valence-electron chi connectivity index (χ2n) is 6.31. The summed E-state index contributed by atoms with van der Waals surface area (Å²) in [5.41, 5.74) is -0.00122. The number of nitrogens with zero attached hydrogens (tertiary/aromatic N) is 4. The number of aliphatic hydroxyl groups excluding tert-OH is 1. The van der Waals surface area contributed by atoms with Crippen molar-refractivity contribution in [2.24, 2.45) is 0 Å². The highest BCUT2D eigenvalue weighted by Gasteiger charge is 2.25. The zero-order valence-corrected chi connectivity index (χ0v) is 14.7. The minimum atomic E-state index is -0.689. The number of anilines is 1. The third-order valence-electron chi connectivity index (χ3n) is 4.36. The van der Waals surface area contributed by atoms with E-state index in [1.54, 1.807) is 12.3 Å². The first-order valence-corrected chi connectivity index (χ1v) is 8.66. The predicted octanol–water partition coefficient (Wildman–Crippen LogP) is 1.69. The van der Waals surface area contributed by atoms with E-state index in [1.807, 2.05) is 4.90 Å². The van der Waals surface area contributed by atoms with Crippen molar-refractivity contribution in [1.82, 2.24) is 9.88 Å². The molecular formula is C18H21FN4O4. The topological polar surface area (TPSA) is 92.0 Å². The smallest absolute Gasteiger partial charge is 0.311 e. The highest BCUT2D eigenvalue weighted by molar-refractivity contribution is 5.57. The first-order valence-electron chi connectivity index (χ1n) is 8.66. The van der Waals surface area contributed by atoms with E-state index in [2.05, 4.69) is 9.88 Å². The van der Waals surface area contributed by atoms with Gasteiger partial charge in [0.1, 0.15) is 24.3 Å². The van der Waals surface area contributed by atoms with Crippen LogP contribution in [0.4, 0.5) is 15.9 Å². The van der Waals surface area contributed by atoms with Crippen molar-refractivity contribution in [2.75, 3.05) is 44.2 Å². The number of piperazine rings is 1. The van der Waals surface area contributed by atoms with Crippen molar-refractivity contribution in [3.8, 4) is 5.75 Å². The van der Waals surface area contributed by atoms with Crippen molar-refractivity contribution in [2.45, 2.75) is 6.10 Å². The van der Waals surface area contributed by atoms with Crippen LogP contribution in [0.5, 0.6) is 5.75 Å². The van der Waals surface area contributed by atoms with Gasteiger partial charge in [0.2, 0.25) is 5.82 Å². The maximum absolute atomic E-state index is 12.9. The van der Waals surface area contributed by atoms with Gasteiger partial charge in [0.25, 0.3) is 0 Å². The van der Waals surface area contributed by atoms with Crippen LogP contribution >= 0.6 is 0 Å². The molecule has 8 nitrogen and oxygen atoms in total. The summed E-state index contributed by atoms with van der Waals surface area (Å²) < 4.78 is 18.3. The molecule has 144 valence electrons. The lowest BCUT2D eigenvalue weighted by Gasteiger charge is -2.35. The number of nitro groups is 1. The molecule has 0 radical (unpaired) electrons. The first kappa shape index (κ1) is 19.0. The van der Waals surface area contributed by atoms with Gasteiger partial charge in [0.15, 0.2) is 0 Å². The molecule has 9 heteroatoms. The average molecular weight is 376 g/mol. The van der Waals surface area contributed by atoms with Crippen LogP contribution in [0.25, 0.3) is 0 Å². The lowest BCUT2D eigenvalue weighted by molar-refractivity contribution is -0.384. The van der Waals surface area contributed by atoms with E-state index in [4.69, 9.17) is 4.74 Å². The molecule has 2 heterocycles. The van der Waals surface area contributed by atoms with Crippen LogP contribution in [0.3, 0.4) is 0 Å². The highest BCUT2D eigenvalue weighted by atomic mass is 19.1. The molecule has 0 bridgehead atoms. The number of hydrogen-bond donors (Lipinski definition) is 1. The summed E-state index contributed by atoms with van der Waals surface area (Å²) in [7, 11) is 0. The molecule has 0 amide bonds. The minimum absolute atomic E-state index is 0.00122. The van der Waals surface area contributed by atoms with Crippen molar-refractivity contribution in [1.29, 1.82) is 0 Å². The monoisotopic (exact) mass is 376 g/mol. The van der Waals surface area contributed by atoms with Crippen molar-refractivity contribution < 1.29 is 19.2 Å². The van der Waals surface area contributed by atoms with E-state index in [0.29, 0.717) is 44.3 Å². The molecule has 1 aliphatic heterocycles. The Morgan fingerprint density at radius 3 is 2.59 bits per heavy atom. The Balaban J connectivity index is 1.46. The Bertz CT molecular complexity index is 766. The SMILES string of the molecule is O=[N+]([O-])c1cccnc1N1CCN(C[C@@H](O)COc2ccc(F)cc2)CC1. The number of aliphatic hydroxyl groups is 1. The number of β-amino-alcohol motifs (C(OH)–C–C–N with tert-alkyl or cyclic N) is 1. The van der Waals surface area contributed by atoms with Crippen molar-refractivity contribution in [3.63, 3.8) is 0 Å². The molecule has 1 N–H and O–H groups in total. The summed E-state index contributed by atoms with van der Waals surface area (Å²) in [4.78, 5) is 18.8. The summed E-state index contributed by atoms with van der Waals surface area (Å²) in [6, 6.07) is 8.64. The van der Waals surface area contributed by atoms with Gasteiger partial charge in [-0.25, -0.2) is 9.37 Å². The second kappa shape index (κ2) is 8.74.